The Labute approximate surface area is 144 Å². The molecule has 0 radical (unpaired) electrons. The zero-order valence-electron chi connectivity index (χ0n) is 12.7. The first kappa shape index (κ1) is 16.3. The molecule has 9 nitrogen and oxygen atoms in total. The van der Waals surface area contributed by atoms with Gasteiger partial charge >= 0.3 is 0 Å². The minimum atomic E-state index is -0.376. The molecule has 0 aliphatic carbocycles. The van der Waals surface area contributed by atoms with Gasteiger partial charge in [0.15, 0.2) is 9.99 Å². The predicted molar refractivity (Wildman–Crippen MR) is 92.2 cm³/mol. The monoisotopic (exact) mass is 363 g/mol. The van der Waals surface area contributed by atoms with E-state index in [1.165, 1.54) is 44.9 Å². The lowest BCUT2D eigenvalue weighted by atomic mass is 10.4. The molecular weight excluding hydrogens is 350 g/mol. The summed E-state index contributed by atoms with van der Waals surface area (Å²) in [6.07, 6.45) is 4.53. The lowest BCUT2D eigenvalue weighted by molar-refractivity contribution is -0.116. The Morgan fingerprint density at radius 3 is 3.12 bits per heavy atom. The molecule has 0 bridgehead atoms. The topological polar surface area (TPSA) is 108 Å². The second kappa shape index (κ2) is 6.93. The average Bonchev–Trinajstić information content (AvgIpc) is 3.15. The van der Waals surface area contributed by atoms with Crippen molar-refractivity contribution >= 4 is 45.2 Å². The fourth-order valence-electron chi connectivity index (χ4n) is 1.94. The summed E-state index contributed by atoms with van der Waals surface area (Å²) in [6.45, 7) is 3.47. The van der Waals surface area contributed by atoms with Crippen molar-refractivity contribution in [2.75, 3.05) is 11.1 Å². The quantitative estimate of drug-likeness (QED) is 0.394. The molecule has 24 heavy (non-hydrogen) atoms. The van der Waals surface area contributed by atoms with Crippen molar-refractivity contribution in [1.29, 1.82) is 0 Å². The molecule has 124 valence electrons. The number of aromatic nitrogens is 6. The van der Waals surface area contributed by atoms with Crippen molar-refractivity contribution in [1.82, 2.24) is 29.5 Å². The first-order chi connectivity index (χ1) is 11.6. The van der Waals surface area contributed by atoms with Crippen LogP contribution in [0.5, 0.6) is 0 Å². The van der Waals surface area contributed by atoms with Crippen LogP contribution in [0.25, 0.3) is 11.0 Å². The van der Waals surface area contributed by atoms with Gasteiger partial charge in [0, 0.05) is 12.8 Å². The van der Waals surface area contributed by atoms with Gasteiger partial charge < -0.3 is 0 Å². The summed E-state index contributed by atoms with van der Waals surface area (Å²) in [4.78, 5) is 28.5. The molecule has 0 aliphatic heterocycles. The molecule has 0 aliphatic rings. The van der Waals surface area contributed by atoms with Crippen LogP contribution in [0.15, 0.2) is 34.3 Å². The van der Waals surface area contributed by atoms with Gasteiger partial charge in [-0.1, -0.05) is 29.2 Å². The number of hydrogen-bond donors (Lipinski definition) is 1. The second-order valence-corrected chi connectivity index (χ2v) is 6.95. The minimum absolute atomic E-state index is 0.161. The number of nitrogens with one attached hydrogen (secondary N) is 1. The van der Waals surface area contributed by atoms with E-state index in [1.807, 2.05) is 0 Å². The zero-order chi connectivity index (χ0) is 17.1. The summed E-state index contributed by atoms with van der Waals surface area (Å²) >= 11 is 2.75. The minimum Gasteiger partial charge on any atom is -0.299 e. The van der Waals surface area contributed by atoms with Gasteiger partial charge in [0.2, 0.25) is 11.0 Å². The molecule has 1 amide bonds. The molecule has 11 heteroatoms. The highest BCUT2D eigenvalue weighted by Crippen LogP contribution is 2.25. The van der Waals surface area contributed by atoms with E-state index in [4.69, 9.17) is 0 Å². The van der Waals surface area contributed by atoms with Crippen LogP contribution in [0, 0.1) is 0 Å². The van der Waals surface area contributed by atoms with Gasteiger partial charge in [-0.3, -0.25) is 24.2 Å². The maximum Gasteiger partial charge on any atom is 0.264 e. The van der Waals surface area contributed by atoms with E-state index in [-0.39, 0.29) is 18.0 Å². The molecule has 0 fully saturated rings. The Bertz CT molecular complexity index is 959. The van der Waals surface area contributed by atoms with Gasteiger partial charge in [-0.2, -0.15) is 5.10 Å². The summed E-state index contributed by atoms with van der Waals surface area (Å²) in [5.41, 5.74) is 0.160. The molecule has 3 aromatic heterocycles. The fourth-order valence-corrected chi connectivity index (χ4v) is 3.47. The molecule has 3 aromatic rings. The molecule has 1 N–H and O–H groups in total. The maximum absolute atomic E-state index is 12.3. The van der Waals surface area contributed by atoms with Gasteiger partial charge in [-0.05, 0) is 0 Å². The molecule has 0 unspecified atom stereocenters. The van der Waals surface area contributed by atoms with Crippen molar-refractivity contribution in [3.8, 4) is 0 Å². The van der Waals surface area contributed by atoms with E-state index >= 15 is 0 Å². The van der Waals surface area contributed by atoms with Crippen LogP contribution in [-0.2, 0) is 18.4 Å². The highest BCUT2D eigenvalue weighted by Gasteiger charge is 2.12. The number of nitrogens with zero attached hydrogens (tertiary/aromatic N) is 6. The number of aryl methyl sites for hydroxylation is 1. The normalized spacial score (nSPS) is 10.9. The molecule has 0 spiro atoms. The first-order valence-corrected chi connectivity index (χ1v) is 8.63. The average molecular weight is 363 g/mol. The summed E-state index contributed by atoms with van der Waals surface area (Å²) in [5, 5.41) is 15.2. The van der Waals surface area contributed by atoms with Crippen molar-refractivity contribution in [2.24, 2.45) is 7.05 Å². The largest absolute Gasteiger partial charge is 0.299 e. The number of thioether (sulfide) groups is 1. The Morgan fingerprint density at radius 1 is 1.50 bits per heavy atom. The summed E-state index contributed by atoms with van der Waals surface area (Å²) < 4.78 is 3.47. The van der Waals surface area contributed by atoms with Gasteiger partial charge in [0.1, 0.15) is 18.3 Å². The third-order valence-corrected chi connectivity index (χ3v) is 4.98. The van der Waals surface area contributed by atoms with Gasteiger partial charge in [0.05, 0.1) is 6.20 Å². The van der Waals surface area contributed by atoms with Crippen LogP contribution in [-0.4, -0.2) is 41.2 Å². The number of anilines is 1. The number of rotatable bonds is 6. The number of amides is 1. The standard InChI is InChI=1S/C13H13N7O2S2/c1-3-4-23-13-18-17-12(24-13)16-9(21)6-20-7-14-10-8(11(20)22)5-15-19(10)2/h3,5,7H,1,4,6H2,2H3,(H,16,17,21). The molecular formula is C13H13N7O2S2. The highest BCUT2D eigenvalue weighted by molar-refractivity contribution is 8.01. The molecule has 0 saturated carbocycles. The van der Waals surface area contributed by atoms with Crippen molar-refractivity contribution in [3.05, 3.63) is 35.5 Å². The number of fused-ring (bicyclic) bond motifs is 1. The third-order valence-electron chi connectivity index (χ3n) is 3.01. The number of hydrogen-bond acceptors (Lipinski definition) is 8. The van der Waals surface area contributed by atoms with Crippen molar-refractivity contribution in [2.45, 2.75) is 10.9 Å². The van der Waals surface area contributed by atoms with Crippen LogP contribution in [0.3, 0.4) is 0 Å². The number of carbonyl (C=O) groups excluding carboxylic acids is 1. The predicted octanol–water partition coefficient (Wildman–Crippen LogP) is 0.898. The third kappa shape index (κ3) is 3.36. The van der Waals surface area contributed by atoms with Crippen LogP contribution in [0.2, 0.25) is 0 Å². The van der Waals surface area contributed by atoms with E-state index in [9.17, 15) is 9.59 Å². The molecule has 0 saturated heterocycles. The van der Waals surface area contributed by atoms with E-state index < -0.39 is 0 Å². The lowest BCUT2D eigenvalue weighted by Crippen LogP contribution is -2.27. The van der Waals surface area contributed by atoms with Crippen LogP contribution in [0.4, 0.5) is 5.13 Å². The Morgan fingerprint density at radius 2 is 2.33 bits per heavy atom. The smallest absolute Gasteiger partial charge is 0.264 e. The van der Waals surface area contributed by atoms with Crippen LogP contribution < -0.4 is 10.9 Å². The second-order valence-electron chi connectivity index (χ2n) is 4.70. The fraction of sp³-hybridized carbons (Fsp3) is 0.231. The zero-order valence-corrected chi connectivity index (χ0v) is 14.3. The molecule has 3 rings (SSSR count). The maximum atomic E-state index is 12.3. The van der Waals surface area contributed by atoms with Gasteiger partial charge in [0.25, 0.3) is 5.56 Å². The van der Waals surface area contributed by atoms with E-state index in [1.54, 1.807) is 13.1 Å². The SMILES string of the molecule is C=CCSc1nnc(NC(=O)Cn2cnc3c(cnn3C)c2=O)s1. The highest BCUT2D eigenvalue weighted by atomic mass is 32.2. The molecule has 0 aromatic carbocycles. The van der Waals surface area contributed by atoms with Crippen LogP contribution in [0.1, 0.15) is 0 Å². The lowest BCUT2D eigenvalue weighted by Gasteiger charge is -2.04. The van der Waals surface area contributed by atoms with Crippen molar-refractivity contribution < 1.29 is 4.79 Å². The summed E-state index contributed by atoms with van der Waals surface area (Å²) in [5.74, 6) is 0.341. The Balaban J connectivity index is 1.71. The summed E-state index contributed by atoms with van der Waals surface area (Å²) in [6, 6.07) is 0. The first-order valence-electron chi connectivity index (χ1n) is 6.82. The van der Waals surface area contributed by atoms with Gasteiger partial charge in [-0.25, -0.2) is 4.98 Å². The molecule has 0 atom stereocenters. The molecule has 3 heterocycles. The summed E-state index contributed by atoms with van der Waals surface area (Å²) in [7, 11) is 1.70. The van der Waals surface area contributed by atoms with E-state index in [0.717, 1.165) is 10.1 Å². The van der Waals surface area contributed by atoms with E-state index in [0.29, 0.717) is 16.2 Å². The number of carbonyl (C=O) groups is 1. The van der Waals surface area contributed by atoms with Crippen LogP contribution >= 0.6 is 23.1 Å². The Kier molecular flexibility index (Phi) is 4.71. The van der Waals surface area contributed by atoms with Crippen molar-refractivity contribution in [3.63, 3.8) is 0 Å². The van der Waals surface area contributed by atoms with E-state index in [2.05, 4.69) is 32.2 Å². The Hall–Kier alpha value is -2.53. The van der Waals surface area contributed by atoms with Gasteiger partial charge in [-0.15, -0.1) is 16.8 Å².